The van der Waals surface area contributed by atoms with Gasteiger partial charge in [0.25, 0.3) is 0 Å². The van der Waals surface area contributed by atoms with Gasteiger partial charge in [0, 0.05) is 36.7 Å². The molecule has 0 atom stereocenters. The Balaban J connectivity index is 2.57. The van der Waals surface area contributed by atoms with Crippen molar-refractivity contribution in [2.24, 2.45) is 43.3 Å². The maximum atomic E-state index is 5.14. The average molecular weight is 275 g/mol. The Morgan fingerprint density at radius 1 is 0.900 bits per heavy atom. The van der Waals surface area contributed by atoms with Gasteiger partial charge in [-0.2, -0.15) is 10.2 Å². The van der Waals surface area contributed by atoms with Gasteiger partial charge in [-0.25, -0.2) is 0 Å². The zero-order chi connectivity index (χ0) is 14.8. The average Bonchev–Trinajstić information content (AvgIpc) is 2.40. The Morgan fingerprint density at radius 2 is 1.35 bits per heavy atom. The van der Waals surface area contributed by atoms with Crippen molar-refractivity contribution in [2.75, 3.05) is 0 Å². The van der Waals surface area contributed by atoms with Crippen molar-refractivity contribution in [3.05, 3.63) is 29.6 Å². The van der Waals surface area contributed by atoms with Gasteiger partial charge in [0.05, 0.1) is 0 Å². The number of aromatic nitrogens is 1. The van der Waals surface area contributed by atoms with Gasteiger partial charge in [-0.1, -0.05) is 6.07 Å². The van der Waals surface area contributed by atoms with E-state index in [-0.39, 0.29) is 11.9 Å². The second-order valence-corrected chi connectivity index (χ2v) is 3.67. The standard InChI is InChI=1S/C11H17N9/c12-10(13)19-16-6-4-8-2-1-3-9(18-8)5-7-17-20-11(14)15/h1-3,6-7H,4-5H2,(H4,12,13,19)(H4,14,15,20)/b16-6+,17-7+. The highest BCUT2D eigenvalue weighted by molar-refractivity contribution is 5.76. The molecular weight excluding hydrogens is 258 g/mol. The van der Waals surface area contributed by atoms with E-state index in [1.165, 1.54) is 0 Å². The van der Waals surface area contributed by atoms with E-state index in [4.69, 9.17) is 22.9 Å². The quantitative estimate of drug-likeness (QED) is 0.286. The fraction of sp³-hybridized carbons (Fsp3) is 0.182. The van der Waals surface area contributed by atoms with Gasteiger partial charge in [-0.3, -0.25) is 4.98 Å². The van der Waals surface area contributed by atoms with Crippen LogP contribution in [-0.2, 0) is 12.8 Å². The SMILES string of the molecule is NC(N)=N/N=C/Cc1cccc(C/C=N/N=C(N)N)n1. The van der Waals surface area contributed by atoms with Gasteiger partial charge < -0.3 is 22.9 Å². The van der Waals surface area contributed by atoms with E-state index in [0.29, 0.717) is 12.8 Å². The number of hydrogen-bond donors (Lipinski definition) is 4. The van der Waals surface area contributed by atoms with E-state index in [0.717, 1.165) is 11.4 Å². The number of guanidine groups is 2. The van der Waals surface area contributed by atoms with Crippen LogP contribution in [0.3, 0.4) is 0 Å². The molecule has 1 heterocycles. The summed E-state index contributed by atoms with van der Waals surface area (Å²) < 4.78 is 0. The lowest BCUT2D eigenvalue weighted by atomic mass is 10.2. The molecule has 0 aliphatic carbocycles. The molecule has 0 saturated carbocycles. The third-order valence-corrected chi connectivity index (χ3v) is 1.97. The third kappa shape index (κ3) is 6.69. The number of nitrogens with zero attached hydrogens (tertiary/aromatic N) is 5. The molecule has 0 fully saturated rings. The topological polar surface area (TPSA) is 166 Å². The van der Waals surface area contributed by atoms with Crippen LogP contribution < -0.4 is 22.9 Å². The van der Waals surface area contributed by atoms with Crippen LogP contribution in [-0.4, -0.2) is 29.3 Å². The first kappa shape index (κ1) is 15.1. The summed E-state index contributed by atoms with van der Waals surface area (Å²) >= 11 is 0. The van der Waals surface area contributed by atoms with Crippen LogP contribution in [0.25, 0.3) is 0 Å². The number of pyridine rings is 1. The summed E-state index contributed by atoms with van der Waals surface area (Å²) in [7, 11) is 0. The highest BCUT2D eigenvalue weighted by atomic mass is 15.3. The molecule has 0 aromatic carbocycles. The van der Waals surface area contributed by atoms with Crippen LogP contribution in [0, 0.1) is 0 Å². The zero-order valence-corrected chi connectivity index (χ0v) is 10.8. The van der Waals surface area contributed by atoms with Crippen LogP contribution in [0.4, 0.5) is 0 Å². The summed E-state index contributed by atoms with van der Waals surface area (Å²) in [5.74, 6) is -0.169. The summed E-state index contributed by atoms with van der Waals surface area (Å²) in [4.78, 5) is 4.40. The number of rotatable bonds is 6. The second-order valence-electron chi connectivity index (χ2n) is 3.67. The van der Waals surface area contributed by atoms with E-state index in [1.807, 2.05) is 18.2 Å². The predicted molar refractivity (Wildman–Crippen MR) is 80.2 cm³/mol. The Hall–Kier alpha value is -2.97. The van der Waals surface area contributed by atoms with Gasteiger partial charge >= 0.3 is 0 Å². The zero-order valence-electron chi connectivity index (χ0n) is 10.8. The molecule has 0 bridgehead atoms. The number of hydrogen-bond acceptors (Lipinski definition) is 5. The maximum Gasteiger partial charge on any atom is 0.211 e. The van der Waals surface area contributed by atoms with Gasteiger partial charge in [0.2, 0.25) is 11.9 Å². The van der Waals surface area contributed by atoms with Crippen molar-refractivity contribution in [3.8, 4) is 0 Å². The number of nitrogens with two attached hydrogens (primary N) is 4. The van der Waals surface area contributed by atoms with E-state index in [2.05, 4.69) is 25.4 Å². The van der Waals surface area contributed by atoms with Crippen molar-refractivity contribution >= 4 is 24.3 Å². The molecule has 0 spiro atoms. The molecule has 1 aromatic rings. The fourth-order valence-electron chi connectivity index (χ4n) is 1.24. The molecule has 0 radical (unpaired) electrons. The van der Waals surface area contributed by atoms with Crippen LogP contribution in [0.15, 0.2) is 38.6 Å². The van der Waals surface area contributed by atoms with E-state index >= 15 is 0 Å². The van der Waals surface area contributed by atoms with Gasteiger partial charge in [0.15, 0.2) is 0 Å². The lowest BCUT2D eigenvalue weighted by Crippen LogP contribution is -2.21. The predicted octanol–water partition coefficient (Wildman–Crippen LogP) is -1.31. The summed E-state index contributed by atoms with van der Waals surface area (Å²) in [6.45, 7) is 0. The Bertz CT molecular complexity index is 491. The third-order valence-electron chi connectivity index (χ3n) is 1.97. The van der Waals surface area contributed by atoms with Gasteiger partial charge in [-0.05, 0) is 12.1 Å². The second kappa shape index (κ2) is 8.19. The highest BCUT2D eigenvalue weighted by Crippen LogP contribution is 2.00. The first-order valence-corrected chi connectivity index (χ1v) is 5.73. The summed E-state index contributed by atoms with van der Waals surface area (Å²) in [6, 6.07) is 5.64. The molecule has 0 amide bonds. The van der Waals surface area contributed by atoms with E-state index in [1.54, 1.807) is 12.4 Å². The van der Waals surface area contributed by atoms with Crippen LogP contribution in [0.1, 0.15) is 11.4 Å². The molecule has 0 aliphatic rings. The minimum Gasteiger partial charge on any atom is -0.369 e. The molecular formula is C11H17N9. The minimum absolute atomic E-state index is 0.0843. The largest absolute Gasteiger partial charge is 0.369 e. The molecule has 0 aliphatic heterocycles. The Morgan fingerprint density at radius 3 is 1.75 bits per heavy atom. The smallest absolute Gasteiger partial charge is 0.211 e. The van der Waals surface area contributed by atoms with Crippen molar-refractivity contribution in [2.45, 2.75) is 12.8 Å². The van der Waals surface area contributed by atoms with E-state index < -0.39 is 0 Å². The molecule has 106 valence electrons. The lowest BCUT2D eigenvalue weighted by molar-refractivity contribution is 1.05. The van der Waals surface area contributed by atoms with Crippen LogP contribution in [0.5, 0.6) is 0 Å². The molecule has 1 rings (SSSR count). The molecule has 0 unspecified atom stereocenters. The molecule has 8 N–H and O–H groups in total. The van der Waals surface area contributed by atoms with Crippen LogP contribution in [0.2, 0.25) is 0 Å². The molecule has 20 heavy (non-hydrogen) atoms. The molecule has 9 nitrogen and oxygen atoms in total. The lowest BCUT2D eigenvalue weighted by Gasteiger charge is -1.98. The summed E-state index contributed by atoms with van der Waals surface area (Å²) in [6.07, 6.45) is 4.18. The maximum absolute atomic E-state index is 5.14. The molecule has 0 saturated heterocycles. The highest BCUT2D eigenvalue weighted by Gasteiger charge is 1.95. The van der Waals surface area contributed by atoms with Crippen LogP contribution >= 0.6 is 0 Å². The van der Waals surface area contributed by atoms with Gasteiger partial charge in [-0.15, -0.1) is 10.2 Å². The van der Waals surface area contributed by atoms with Crippen molar-refractivity contribution in [3.63, 3.8) is 0 Å². The summed E-state index contributed by atoms with van der Waals surface area (Å²) in [5.41, 5.74) is 22.2. The van der Waals surface area contributed by atoms with E-state index in [9.17, 15) is 0 Å². The normalized spacial score (nSPS) is 10.8. The first-order valence-electron chi connectivity index (χ1n) is 5.73. The first-order chi connectivity index (χ1) is 9.58. The molecule has 9 heteroatoms. The molecule has 1 aromatic heterocycles. The van der Waals surface area contributed by atoms with Crippen molar-refractivity contribution in [1.82, 2.24) is 4.98 Å². The van der Waals surface area contributed by atoms with Crippen molar-refractivity contribution < 1.29 is 0 Å². The van der Waals surface area contributed by atoms with Crippen molar-refractivity contribution in [1.29, 1.82) is 0 Å². The summed E-state index contributed by atoms with van der Waals surface area (Å²) in [5, 5.41) is 14.4. The van der Waals surface area contributed by atoms with Gasteiger partial charge in [0.1, 0.15) is 0 Å². The minimum atomic E-state index is -0.0843. The Kier molecular flexibility index (Phi) is 6.18. The fourth-order valence-corrected chi connectivity index (χ4v) is 1.24. The monoisotopic (exact) mass is 275 g/mol. The Labute approximate surface area is 116 Å².